The van der Waals surface area contributed by atoms with Crippen molar-refractivity contribution in [3.05, 3.63) is 0 Å². The first-order chi connectivity index (χ1) is 12.1. The summed E-state index contributed by atoms with van der Waals surface area (Å²) >= 11 is 0. The van der Waals surface area contributed by atoms with Crippen LogP contribution in [0.5, 0.6) is 0 Å². The molecule has 4 nitrogen and oxygen atoms in total. The molecule has 2 aliphatic rings. The summed E-state index contributed by atoms with van der Waals surface area (Å²) in [6.07, 6.45) is 2.79. The van der Waals surface area contributed by atoms with E-state index in [0.717, 1.165) is 6.42 Å². The van der Waals surface area contributed by atoms with Crippen molar-refractivity contribution in [2.24, 2.45) is 23.7 Å². The minimum absolute atomic E-state index is 0.0433. The molecule has 0 saturated carbocycles. The monoisotopic (exact) mass is 383 g/mol. The topological polar surface area (TPSA) is 44.8 Å². The Labute approximate surface area is 162 Å². The molecule has 2 heterocycles. The molecular formula is C20H37BO4P+. The molecule has 0 aromatic carbocycles. The van der Waals surface area contributed by atoms with Gasteiger partial charge in [0.2, 0.25) is 0 Å². The first-order valence-corrected chi connectivity index (χ1v) is 11.9. The minimum Gasteiger partial charge on any atom is -0.384 e. The standard InChI is InChI=1S/C20H37BO4P/c1-11(2)18-16(14(6)20(21)25-18)10-26(22)9-8-17-19(23-12(3)4)13(5)15(7)24-17/h11-20H,8-10H2,1-7H3/q+1/t13?,14?,15-,16+,17+,18+,19+,20+/m0/s1. The molecule has 2 aliphatic heterocycles. The van der Waals surface area contributed by atoms with Crippen molar-refractivity contribution < 1.29 is 18.8 Å². The van der Waals surface area contributed by atoms with Crippen LogP contribution in [0.25, 0.3) is 0 Å². The highest BCUT2D eigenvalue weighted by Crippen LogP contribution is 2.41. The molecule has 0 N–H and O–H groups in total. The van der Waals surface area contributed by atoms with E-state index >= 15 is 0 Å². The van der Waals surface area contributed by atoms with E-state index < -0.39 is 7.80 Å². The van der Waals surface area contributed by atoms with Gasteiger partial charge < -0.3 is 14.2 Å². The minimum atomic E-state index is -1.29. The van der Waals surface area contributed by atoms with Crippen molar-refractivity contribution in [2.45, 2.75) is 91.4 Å². The molecule has 2 fully saturated rings. The zero-order chi connectivity index (χ0) is 19.6. The lowest BCUT2D eigenvalue weighted by molar-refractivity contribution is -0.0498. The van der Waals surface area contributed by atoms with Crippen LogP contribution in [0.4, 0.5) is 0 Å². The second-order valence-corrected chi connectivity index (χ2v) is 10.7. The average Bonchev–Trinajstić information content (AvgIpc) is 2.97. The Morgan fingerprint density at radius 2 is 1.73 bits per heavy atom. The van der Waals surface area contributed by atoms with Crippen molar-refractivity contribution in [1.82, 2.24) is 0 Å². The predicted octanol–water partition coefficient (Wildman–Crippen LogP) is 4.22. The van der Waals surface area contributed by atoms with Crippen LogP contribution in [-0.2, 0) is 18.8 Å². The number of rotatable bonds is 8. The van der Waals surface area contributed by atoms with E-state index in [1.165, 1.54) is 0 Å². The van der Waals surface area contributed by atoms with E-state index in [0.29, 0.717) is 24.2 Å². The second kappa shape index (κ2) is 9.50. The Balaban J connectivity index is 1.89. The fourth-order valence-corrected chi connectivity index (χ4v) is 6.04. The molecule has 0 aromatic heterocycles. The third kappa shape index (κ3) is 5.31. The third-order valence-corrected chi connectivity index (χ3v) is 7.69. The van der Waals surface area contributed by atoms with E-state index in [4.69, 9.17) is 22.1 Å². The largest absolute Gasteiger partial charge is 0.384 e. The average molecular weight is 383 g/mol. The molecule has 148 valence electrons. The Hall–Kier alpha value is 0.0449. The van der Waals surface area contributed by atoms with Gasteiger partial charge in [-0.2, -0.15) is 0 Å². The summed E-state index contributed by atoms with van der Waals surface area (Å²) in [5, 5.41) is 0. The third-order valence-electron chi connectivity index (χ3n) is 6.11. The maximum absolute atomic E-state index is 12.8. The van der Waals surface area contributed by atoms with Gasteiger partial charge in [0.1, 0.15) is 14.0 Å². The second-order valence-electron chi connectivity index (χ2n) is 8.90. The van der Waals surface area contributed by atoms with Gasteiger partial charge in [-0.25, -0.2) is 0 Å². The van der Waals surface area contributed by atoms with E-state index in [9.17, 15) is 4.57 Å². The van der Waals surface area contributed by atoms with Crippen LogP contribution in [0, 0.1) is 23.7 Å². The Morgan fingerprint density at radius 1 is 1.08 bits per heavy atom. The predicted molar refractivity (Wildman–Crippen MR) is 107 cm³/mol. The van der Waals surface area contributed by atoms with Gasteiger partial charge in [-0.05, 0) is 32.6 Å². The van der Waals surface area contributed by atoms with Gasteiger partial charge in [-0.15, -0.1) is 0 Å². The molecule has 9 atom stereocenters. The van der Waals surface area contributed by atoms with Gasteiger partial charge >= 0.3 is 7.80 Å². The highest BCUT2D eigenvalue weighted by atomic mass is 31.1. The van der Waals surface area contributed by atoms with Crippen LogP contribution >= 0.6 is 7.80 Å². The van der Waals surface area contributed by atoms with Crippen molar-refractivity contribution in [3.8, 4) is 0 Å². The summed E-state index contributed by atoms with van der Waals surface area (Å²) in [5.74, 6) is 1.29. The van der Waals surface area contributed by atoms with Gasteiger partial charge in [-0.3, -0.25) is 0 Å². The molecule has 0 spiro atoms. The maximum atomic E-state index is 12.8. The summed E-state index contributed by atoms with van der Waals surface area (Å²) in [4.78, 5) is 0. The molecule has 0 aliphatic carbocycles. The molecule has 0 bridgehead atoms. The van der Waals surface area contributed by atoms with Crippen LogP contribution in [0.15, 0.2) is 0 Å². The summed E-state index contributed by atoms with van der Waals surface area (Å²) < 4.78 is 30.9. The normalized spacial score (nSPS) is 41.3. The van der Waals surface area contributed by atoms with E-state index in [1.54, 1.807) is 0 Å². The van der Waals surface area contributed by atoms with Gasteiger partial charge in [0.25, 0.3) is 0 Å². The fraction of sp³-hybridized carbons (Fsp3) is 1.00. The highest BCUT2D eigenvalue weighted by Gasteiger charge is 2.45. The first kappa shape index (κ1) is 22.3. The van der Waals surface area contributed by atoms with Gasteiger partial charge in [-0.1, -0.05) is 32.3 Å². The molecule has 26 heavy (non-hydrogen) atoms. The maximum Gasteiger partial charge on any atom is 0.339 e. The summed E-state index contributed by atoms with van der Waals surface area (Å²) in [5.41, 5.74) is 0. The van der Waals surface area contributed by atoms with Gasteiger partial charge in [0.05, 0.1) is 30.5 Å². The highest BCUT2D eigenvalue weighted by molar-refractivity contribution is 7.44. The number of hydrogen-bond donors (Lipinski definition) is 0. The molecule has 2 saturated heterocycles. The van der Waals surface area contributed by atoms with Crippen LogP contribution in [0.1, 0.15) is 54.9 Å². The molecule has 0 aromatic rings. The van der Waals surface area contributed by atoms with Gasteiger partial charge in [0, 0.05) is 24.3 Å². The van der Waals surface area contributed by atoms with Crippen LogP contribution in [0.2, 0.25) is 0 Å². The van der Waals surface area contributed by atoms with Crippen molar-refractivity contribution in [1.29, 1.82) is 0 Å². The smallest absolute Gasteiger partial charge is 0.339 e. The molecule has 2 rings (SSSR count). The van der Waals surface area contributed by atoms with Crippen LogP contribution < -0.4 is 0 Å². The SMILES string of the molecule is [B][C@@H]1O[C@H](C(C)C)[C@H](C[P+](=O)CC[C@H]2O[C@@H](C)C(C)[C@H]2OC(C)C)C1C. The Morgan fingerprint density at radius 3 is 2.31 bits per heavy atom. The number of hydrogen-bond acceptors (Lipinski definition) is 4. The van der Waals surface area contributed by atoms with Crippen molar-refractivity contribution in [3.63, 3.8) is 0 Å². The van der Waals surface area contributed by atoms with Crippen LogP contribution in [-0.4, -0.2) is 56.7 Å². The first-order valence-electron chi connectivity index (χ1n) is 10.3. The Kier molecular flexibility index (Phi) is 8.16. The zero-order valence-corrected chi connectivity index (χ0v) is 18.4. The zero-order valence-electron chi connectivity index (χ0n) is 17.6. The van der Waals surface area contributed by atoms with E-state index in [1.807, 2.05) is 0 Å². The lowest BCUT2D eigenvalue weighted by Gasteiger charge is -2.23. The summed E-state index contributed by atoms with van der Waals surface area (Å²) in [6, 6.07) is -0.237. The molecule has 0 amide bonds. The Bertz CT molecular complexity index is 473. The van der Waals surface area contributed by atoms with Crippen molar-refractivity contribution >= 4 is 15.6 Å². The van der Waals surface area contributed by atoms with Crippen molar-refractivity contribution in [2.75, 3.05) is 12.3 Å². The lowest BCUT2D eigenvalue weighted by atomic mass is 9.80. The number of ether oxygens (including phenoxy) is 3. The molecule has 3 unspecified atom stereocenters. The lowest BCUT2D eigenvalue weighted by Crippen LogP contribution is -2.32. The molecule has 6 heteroatoms. The van der Waals surface area contributed by atoms with Gasteiger partial charge in [0.15, 0.2) is 6.16 Å². The van der Waals surface area contributed by atoms with Crippen LogP contribution in [0.3, 0.4) is 0 Å². The fourth-order valence-electron chi connectivity index (χ4n) is 4.31. The van der Waals surface area contributed by atoms with E-state index in [2.05, 4.69) is 48.5 Å². The quantitative estimate of drug-likeness (QED) is 0.465. The molecular weight excluding hydrogens is 346 g/mol. The summed E-state index contributed by atoms with van der Waals surface area (Å²) in [7, 11) is 4.79. The van der Waals surface area contributed by atoms with E-state index in [-0.39, 0.29) is 48.4 Å². The summed E-state index contributed by atoms with van der Waals surface area (Å²) in [6.45, 7) is 14.8. The molecule has 2 radical (unpaired) electrons.